The summed E-state index contributed by atoms with van der Waals surface area (Å²) in [5, 5.41) is 2.64. The Bertz CT molecular complexity index is 444. The van der Waals surface area contributed by atoms with Crippen molar-refractivity contribution in [2.24, 2.45) is 0 Å². The second kappa shape index (κ2) is 5.31. The van der Waals surface area contributed by atoms with Gasteiger partial charge in [-0.1, -0.05) is 0 Å². The molecule has 18 heavy (non-hydrogen) atoms. The van der Waals surface area contributed by atoms with Gasteiger partial charge in [-0.2, -0.15) is 0 Å². The van der Waals surface area contributed by atoms with Gasteiger partial charge in [0.2, 0.25) is 0 Å². The molecule has 1 aromatic rings. The zero-order valence-corrected chi connectivity index (χ0v) is 16.1. The predicted molar refractivity (Wildman–Crippen MR) is 82.0 cm³/mol. The van der Waals surface area contributed by atoms with E-state index in [0.29, 0.717) is 3.43 Å². The van der Waals surface area contributed by atoms with Crippen LogP contribution in [0, 0.1) is 0 Å². The molecule has 0 N–H and O–H groups in total. The molecule has 0 saturated heterocycles. The third kappa shape index (κ3) is 2.78. The van der Waals surface area contributed by atoms with Gasteiger partial charge in [0.25, 0.3) is 0 Å². The molecule has 2 rings (SSSR count). The molecule has 0 aromatic heterocycles. The summed E-state index contributed by atoms with van der Waals surface area (Å²) in [4.78, 5) is 1.34. The van der Waals surface area contributed by atoms with Crippen LogP contribution >= 0.6 is 0 Å². The van der Waals surface area contributed by atoms with E-state index in [9.17, 15) is 0 Å². The van der Waals surface area contributed by atoms with Crippen LogP contribution in [-0.2, 0) is 20.9 Å². The van der Waals surface area contributed by atoms with E-state index in [2.05, 4.69) is 73.8 Å². The molecule has 0 fully saturated rings. The number of allylic oxidation sites excluding steroid dienone is 4. The molecule has 2 heteroatoms. The van der Waals surface area contributed by atoms with Gasteiger partial charge < -0.3 is 0 Å². The number of hydrogen-bond donors (Lipinski definition) is 0. The van der Waals surface area contributed by atoms with Gasteiger partial charge in [-0.3, -0.25) is 0 Å². The van der Waals surface area contributed by atoms with Gasteiger partial charge in [0.05, 0.1) is 0 Å². The zero-order valence-electron chi connectivity index (χ0n) is 11.8. The monoisotopic (exact) mass is 439 g/mol. The Morgan fingerprint density at radius 1 is 1.11 bits per heavy atom. The van der Waals surface area contributed by atoms with E-state index in [4.69, 9.17) is 0 Å². The molecule has 1 aromatic carbocycles. The van der Waals surface area contributed by atoms with Gasteiger partial charge in [-0.25, -0.2) is 0 Å². The van der Waals surface area contributed by atoms with E-state index < -0.39 is 16.1 Å². The minimum absolute atomic E-state index is 0.590. The normalized spacial score (nSPS) is 21.1. The molecule has 1 unspecified atom stereocenters. The quantitative estimate of drug-likeness (QED) is 0.626. The van der Waals surface area contributed by atoms with Crippen LogP contribution in [0.15, 0.2) is 54.6 Å². The fourth-order valence-corrected chi connectivity index (χ4v) is 13.6. The van der Waals surface area contributed by atoms with Crippen molar-refractivity contribution in [3.8, 4) is 0 Å². The Labute approximate surface area is 118 Å². The van der Waals surface area contributed by atoms with Crippen LogP contribution < -0.4 is 0 Å². The molecule has 0 saturated carbocycles. The Morgan fingerprint density at radius 3 is 2.17 bits per heavy atom. The summed E-state index contributed by atoms with van der Waals surface area (Å²) in [5.41, 5.74) is 1.54. The SMILES string of the molecule is C[C](C)([SiH3])[Pt]([CH3])([CH2]c1ccccc1)[CH]1C=CC=C1. The Balaban J connectivity index is 2.31. The van der Waals surface area contributed by atoms with Crippen molar-refractivity contribution in [1.82, 2.24) is 0 Å². The van der Waals surface area contributed by atoms with Crippen molar-refractivity contribution >= 4 is 10.2 Å². The number of benzene rings is 1. The maximum absolute atomic E-state index is 2.64. The molecule has 0 heterocycles. The second-order valence-electron chi connectivity index (χ2n) is 5.64. The number of rotatable bonds is 4. The van der Waals surface area contributed by atoms with Gasteiger partial charge >= 0.3 is 118 Å². The van der Waals surface area contributed by atoms with E-state index >= 15 is 0 Å². The molecule has 0 nitrogen and oxygen atoms in total. The Hall–Kier alpha value is -0.395. The van der Waals surface area contributed by atoms with E-state index in [0.717, 1.165) is 4.31 Å². The molecule has 1 aliphatic carbocycles. The summed E-state index contributed by atoms with van der Waals surface area (Å²) < 4.78 is 1.34. The van der Waals surface area contributed by atoms with E-state index in [-0.39, 0.29) is 0 Å². The molecule has 0 aliphatic heterocycles. The van der Waals surface area contributed by atoms with Crippen molar-refractivity contribution in [2.45, 2.75) is 31.7 Å². The summed E-state index contributed by atoms with van der Waals surface area (Å²) in [6.45, 7) is 5.00. The first-order valence-corrected chi connectivity index (χ1v) is 13.6. The average Bonchev–Trinajstić information content (AvgIpc) is 2.82. The first kappa shape index (κ1) is 14.0. The van der Waals surface area contributed by atoms with Crippen molar-refractivity contribution in [3.05, 3.63) is 60.2 Å². The van der Waals surface area contributed by atoms with Gasteiger partial charge in [0.1, 0.15) is 0 Å². The van der Waals surface area contributed by atoms with Crippen molar-refractivity contribution in [2.75, 3.05) is 0 Å². The summed E-state index contributed by atoms with van der Waals surface area (Å²) in [7, 11) is 1.29. The van der Waals surface area contributed by atoms with Crippen LogP contribution in [-0.4, -0.2) is 10.2 Å². The summed E-state index contributed by atoms with van der Waals surface area (Å²) in [6, 6.07) is 11.1. The first-order chi connectivity index (χ1) is 8.43. The molecule has 0 radical (unpaired) electrons. The first-order valence-electron chi connectivity index (χ1n) is 6.31. The van der Waals surface area contributed by atoms with Gasteiger partial charge in [-0.15, -0.1) is 0 Å². The molecule has 0 bridgehead atoms. The fraction of sp³-hybridized carbons (Fsp3) is 0.375. The molecule has 0 amide bonds. The van der Waals surface area contributed by atoms with Crippen LogP contribution in [0.2, 0.25) is 13.0 Å². The van der Waals surface area contributed by atoms with Crippen LogP contribution in [0.1, 0.15) is 19.4 Å². The molecule has 1 atom stereocenters. The van der Waals surface area contributed by atoms with E-state index in [1.165, 1.54) is 20.6 Å². The zero-order chi connectivity index (χ0) is 13.2. The van der Waals surface area contributed by atoms with Crippen LogP contribution in [0.3, 0.4) is 0 Å². The van der Waals surface area contributed by atoms with Gasteiger partial charge in [0.15, 0.2) is 0 Å². The molecule has 0 spiro atoms. The summed E-state index contributed by atoms with van der Waals surface area (Å²) in [5.74, 6) is 0. The topological polar surface area (TPSA) is 0 Å². The Kier molecular flexibility index (Phi) is 4.13. The third-order valence-corrected chi connectivity index (χ3v) is 23.9. The van der Waals surface area contributed by atoms with Gasteiger partial charge in [0, 0.05) is 0 Å². The molecule has 102 valence electrons. The Morgan fingerprint density at radius 2 is 1.67 bits per heavy atom. The molecular formula is C16H24PtSi. The van der Waals surface area contributed by atoms with Crippen LogP contribution in [0.4, 0.5) is 0 Å². The van der Waals surface area contributed by atoms with E-state index in [1.807, 2.05) is 0 Å². The maximum atomic E-state index is 2.64. The van der Waals surface area contributed by atoms with Crippen molar-refractivity contribution < 1.29 is 16.1 Å². The van der Waals surface area contributed by atoms with Crippen LogP contribution in [0.5, 0.6) is 0 Å². The number of hydrogen-bond acceptors (Lipinski definition) is 0. The van der Waals surface area contributed by atoms with Gasteiger partial charge in [-0.05, 0) is 0 Å². The molecular weight excluding hydrogens is 415 g/mol. The fourth-order valence-electron chi connectivity index (χ4n) is 2.04. The second-order valence-corrected chi connectivity index (χ2v) is 22.4. The standard InChI is InChI=1S/C7H7.C5H5.C3H9Si.CH3.Pt/c1-7-5-3-2-4-6-7;1-2-4-5-3-1;1-3(2)4;;/h2-6H,1H2;1-5H;1-2,4H3;1H3;. The van der Waals surface area contributed by atoms with E-state index in [1.54, 1.807) is 0 Å². The predicted octanol–water partition coefficient (Wildman–Crippen LogP) is 3.82. The summed E-state index contributed by atoms with van der Waals surface area (Å²) >= 11 is -1.87. The minimum atomic E-state index is -1.87. The third-order valence-electron chi connectivity index (χ3n) is 3.43. The average molecular weight is 440 g/mol. The summed E-state index contributed by atoms with van der Waals surface area (Å²) in [6.07, 6.45) is 9.37. The van der Waals surface area contributed by atoms with Crippen molar-refractivity contribution in [3.63, 3.8) is 0 Å². The molecule has 1 aliphatic rings. The van der Waals surface area contributed by atoms with Crippen LogP contribution in [0.25, 0.3) is 0 Å². The van der Waals surface area contributed by atoms with Crippen molar-refractivity contribution in [1.29, 1.82) is 0 Å².